The molecule has 0 amide bonds. The number of ether oxygens (including phenoxy) is 3. The fraction of sp³-hybridized carbons (Fsp3) is 0.226. The van der Waals surface area contributed by atoms with Crippen LogP contribution in [0.1, 0.15) is 22.8 Å². The molecule has 7 nitrogen and oxygen atoms in total. The lowest BCUT2D eigenvalue weighted by atomic mass is 10.0. The first kappa shape index (κ1) is 26.9. The monoisotopic (exact) mass is 545 g/mol. The van der Waals surface area contributed by atoms with E-state index >= 15 is 0 Å². The van der Waals surface area contributed by atoms with Crippen molar-refractivity contribution in [1.29, 1.82) is 0 Å². The third kappa shape index (κ3) is 6.66. The maximum Gasteiger partial charge on any atom is 0.243 e. The summed E-state index contributed by atoms with van der Waals surface area (Å²) in [5.74, 6) is 0.899. The van der Waals surface area contributed by atoms with Crippen LogP contribution >= 0.6 is 0 Å². The highest BCUT2D eigenvalue weighted by Crippen LogP contribution is 2.33. The van der Waals surface area contributed by atoms with Crippen molar-refractivity contribution in [1.82, 2.24) is 4.31 Å². The molecule has 4 aromatic rings. The zero-order valence-corrected chi connectivity index (χ0v) is 22.2. The summed E-state index contributed by atoms with van der Waals surface area (Å²) >= 11 is 0. The van der Waals surface area contributed by atoms with Gasteiger partial charge in [-0.25, -0.2) is 8.42 Å². The summed E-state index contributed by atoms with van der Waals surface area (Å²) in [6, 6.07) is 33.4. The Hall–Kier alpha value is -3.69. The third-order valence-corrected chi connectivity index (χ3v) is 8.24. The van der Waals surface area contributed by atoms with Crippen LogP contribution in [0.2, 0.25) is 0 Å². The van der Waals surface area contributed by atoms with Crippen LogP contribution < -0.4 is 9.47 Å². The van der Waals surface area contributed by atoms with Crippen molar-refractivity contribution < 1.29 is 27.7 Å². The SMILES string of the molecule is O=S(=O)(c1ccc2c(c1)OCCO2)N(Cc1ccccc1)C[C@@H](O)COC(c1ccccc1)c1ccccc1. The van der Waals surface area contributed by atoms with E-state index in [4.69, 9.17) is 14.2 Å². The van der Waals surface area contributed by atoms with Gasteiger partial charge in [-0.05, 0) is 28.8 Å². The Morgan fingerprint density at radius 2 is 1.33 bits per heavy atom. The van der Waals surface area contributed by atoms with Gasteiger partial charge in [0.1, 0.15) is 19.3 Å². The minimum absolute atomic E-state index is 0.0591. The Labute approximate surface area is 229 Å². The molecule has 202 valence electrons. The van der Waals surface area contributed by atoms with E-state index in [2.05, 4.69) is 0 Å². The Morgan fingerprint density at radius 1 is 0.769 bits per heavy atom. The standard InChI is InChI=1S/C31H31NO6S/c33-27(23-38-31(25-12-6-2-7-13-25)26-14-8-3-9-15-26)22-32(21-24-10-4-1-5-11-24)39(34,35)28-16-17-29-30(20-28)37-19-18-36-29/h1-17,20,27,31,33H,18-19,21-23H2/t27-/m1/s1. The quantitative estimate of drug-likeness (QED) is 0.291. The number of aliphatic hydroxyl groups is 1. The molecule has 1 atom stereocenters. The molecule has 0 spiro atoms. The fourth-order valence-electron chi connectivity index (χ4n) is 4.50. The third-order valence-electron chi connectivity index (χ3n) is 6.43. The summed E-state index contributed by atoms with van der Waals surface area (Å²) in [6.07, 6.45) is -1.48. The molecule has 0 bridgehead atoms. The Kier molecular flexibility index (Phi) is 8.58. The smallest absolute Gasteiger partial charge is 0.243 e. The molecule has 0 aromatic heterocycles. The molecular weight excluding hydrogens is 514 g/mol. The van der Waals surface area contributed by atoms with Gasteiger partial charge in [0.2, 0.25) is 10.0 Å². The minimum atomic E-state index is -3.99. The van der Waals surface area contributed by atoms with Crippen LogP contribution in [0.4, 0.5) is 0 Å². The molecule has 39 heavy (non-hydrogen) atoms. The van der Waals surface area contributed by atoms with Crippen molar-refractivity contribution >= 4 is 10.0 Å². The number of benzene rings is 4. The van der Waals surface area contributed by atoms with Crippen molar-refractivity contribution in [3.63, 3.8) is 0 Å². The van der Waals surface area contributed by atoms with Gasteiger partial charge in [-0.2, -0.15) is 4.31 Å². The van der Waals surface area contributed by atoms with Crippen molar-refractivity contribution in [3.8, 4) is 11.5 Å². The molecule has 8 heteroatoms. The topological polar surface area (TPSA) is 85.3 Å². The van der Waals surface area contributed by atoms with Crippen LogP contribution in [-0.2, 0) is 21.3 Å². The predicted molar refractivity (Wildman–Crippen MR) is 148 cm³/mol. The van der Waals surface area contributed by atoms with E-state index in [1.807, 2.05) is 91.0 Å². The Bertz CT molecular complexity index is 1410. The Balaban J connectivity index is 1.36. The summed E-state index contributed by atoms with van der Waals surface area (Å²) in [5, 5.41) is 11.1. The van der Waals surface area contributed by atoms with Crippen molar-refractivity contribution in [3.05, 3.63) is 126 Å². The van der Waals surface area contributed by atoms with E-state index in [1.165, 1.54) is 16.4 Å². The summed E-state index contributed by atoms with van der Waals surface area (Å²) in [7, 11) is -3.99. The molecule has 5 rings (SSSR count). The lowest BCUT2D eigenvalue weighted by Gasteiger charge is -2.27. The molecule has 1 heterocycles. The zero-order valence-electron chi connectivity index (χ0n) is 21.4. The molecule has 0 fully saturated rings. The van der Waals surface area contributed by atoms with Crippen LogP contribution in [0.5, 0.6) is 11.5 Å². The molecule has 0 unspecified atom stereocenters. The normalized spacial score (nSPS) is 13.9. The number of sulfonamides is 1. The molecule has 0 saturated heterocycles. The second kappa shape index (κ2) is 12.4. The molecule has 0 saturated carbocycles. The number of fused-ring (bicyclic) bond motifs is 1. The van der Waals surface area contributed by atoms with Crippen LogP contribution in [0.25, 0.3) is 0 Å². The average Bonchev–Trinajstić information content (AvgIpc) is 2.98. The Morgan fingerprint density at radius 3 is 1.95 bits per heavy atom. The van der Waals surface area contributed by atoms with E-state index in [-0.39, 0.29) is 24.6 Å². The van der Waals surface area contributed by atoms with E-state index in [9.17, 15) is 13.5 Å². The van der Waals surface area contributed by atoms with Crippen molar-refractivity contribution in [2.45, 2.75) is 23.6 Å². The summed E-state index contributed by atoms with van der Waals surface area (Å²) < 4.78 is 46.3. The summed E-state index contributed by atoms with van der Waals surface area (Å²) in [5.41, 5.74) is 2.69. The number of nitrogens with zero attached hydrogens (tertiary/aromatic N) is 1. The maximum absolute atomic E-state index is 13.8. The first-order valence-electron chi connectivity index (χ1n) is 12.8. The van der Waals surface area contributed by atoms with E-state index in [0.717, 1.165) is 16.7 Å². The minimum Gasteiger partial charge on any atom is -0.486 e. The second-order valence-corrected chi connectivity index (χ2v) is 11.2. The van der Waals surface area contributed by atoms with Gasteiger partial charge in [-0.1, -0.05) is 91.0 Å². The molecule has 1 aliphatic heterocycles. The average molecular weight is 546 g/mol. The highest BCUT2D eigenvalue weighted by molar-refractivity contribution is 7.89. The van der Waals surface area contributed by atoms with E-state index in [0.29, 0.717) is 24.7 Å². The number of hydrogen-bond acceptors (Lipinski definition) is 6. The predicted octanol–water partition coefficient (Wildman–Crippen LogP) is 4.82. The van der Waals surface area contributed by atoms with Crippen molar-refractivity contribution in [2.75, 3.05) is 26.4 Å². The highest BCUT2D eigenvalue weighted by atomic mass is 32.2. The van der Waals surface area contributed by atoms with Crippen LogP contribution in [0, 0.1) is 0 Å². The van der Waals surface area contributed by atoms with E-state index in [1.54, 1.807) is 6.07 Å². The lowest BCUT2D eigenvalue weighted by molar-refractivity contribution is -0.000780. The van der Waals surface area contributed by atoms with Gasteiger partial charge in [-0.15, -0.1) is 0 Å². The highest BCUT2D eigenvalue weighted by Gasteiger charge is 2.29. The summed E-state index contributed by atoms with van der Waals surface area (Å²) in [4.78, 5) is 0.0715. The molecular formula is C31H31NO6S. The largest absolute Gasteiger partial charge is 0.486 e. The van der Waals surface area contributed by atoms with Gasteiger partial charge in [0.25, 0.3) is 0 Å². The van der Waals surface area contributed by atoms with Gasteiger partial charge in [-0.3, -0.25) is 0 Å². The second-order valence-electron chi connectivity index (χ2n) is 9.28. The molecule has 1 N–H and O–H groups in total. The van der Waals surface area contributed by atoms with E-state index < -0.39 is 22.2 Å². The lowest BCUT2D eigenvalue weighted by Crippen LogP contribution is -2.39. The van der Waals surface area contributed by atoms with Gasteiger partial charge in [0.05, 0.1) is 17.6 Å². The van der Waals surface area contributed by atoms with Gasteiger partial charge in [0, 0.05) is 19.2 Å². The fourth-order valence-corrected chi connectivity index (χ4v) is 5.99. The molecule has 0 radical (unpaired) electrons. The molecule has 4 aromatic carbocycles. The van der Waals surface area contributed by atoms with Gasteiger partial charge in [0.15, 0.2) is 11.5 Å². The van der Waals surface area contributed by atoms with Gasteiger partial charge >= 0.3 is 0 Å². The van der Waals surface area contributed by atoms with Crippen LogP contribution in [-0.4, -0.2) is 50.3 Å². The maximum atomic E-state index is 13.8. The van der Waals surface area contributed by atoms with Crippen molar-refractivity contribution in [2.24, 2.45) is 0 Å². The van der Waals surface area contributed by atoms with Gasteiger partial charge < -0.3 is 19.3 Å². The first-order valence-corrected chi connectivity index (χ1v) is 14.3. The molecule has 0 aliphatic carbocycles. The first-order chi connectivity index (χ1) is 19.0. The van der Waals surface area contributed by atoms with Crippen LogP contribution in [0.3, 0.4) is 0 Å². The number of aliphatic hydroxyl groups excluding tert-OH is 1. The van der Waals surface area contributed by atoms with Crippen LogP contribution in [0.15, 0.2) is 114 Å². The molecule has 1 aliphatic rings. The number of rotatable bonds is 11. The summed E-state index contributed by atoms with van der Waals surface area (Å²) in [6.45, 7) is 0.649. The number of hydrogen-bond donors (Lipinski definition) is 1. The zero-order chi connectivity index (χ0) is 27.1.